The van der Waals surface area contributed by atoms with E-state index in [2.05, 4.69) is 10.2 Å². The molecular weight excluding hydrogens is 168 g/mol. The van der Waals surface area contributed by atoms with E-state index < -0.39 is 0 Å². The van der Waals surface area contributed by atoms with Crippen molar-refractivity contribution in [3.63, 3.8) is 0 Å². The van der Waals surface area contributed by atoms with Gasteiger partial charge in [-0.1, -0.05) is 0 Å². The van der Waals surface area contributed by atoms with Gasteiger partial charge in [-0.2, -0.15) is 5.10 Å². The fourth-order valence-electron chi connectivity index (χ4n) is 1.39. The standard InChI is InChI=1S/C9H14N2O2/c1-2-6-12-9(3-1)13-7-8-4-5-10-11-8/h4-5,9H,1-3,6-7H2,(H,10,11). The Kier molecular flexibility index (Phi) is 2.94. The molecule has 1 aliphatic heterocycles. The van der Waals surface area contributed by atoms with Gasteiger partial charge in [-0.3, -0.25) is 5.10 Å². The van der Waals surface area contributed by atoms with Crippen LogP contribution in [0.25, 0.3) is 0 Å². The first-order valence-electron chi connectivity index (χ1n) is 4.66. The highest BCUT2D eigenvalue weighted by Crippen LogP contribution is 2.14. The molecule has 1 aromatic heterocycles. The van der Waals surface area contributed by atoms with Crippen molar-refractivity contribution in [1.82, 2.24) is 10.2 Å². The number of H-pyrrole nitrogens is 1. The number of nitrogens with one attached hydrogen (secondary N) is 1. The van der Waals surface area contributed by atoms with Crippen molar-refractivity contribution in [1.29, 1.82) is 0 Å². The van der Waals surface area contributed by atoms with Crippen LogP contribution in [-0.4, -0.2) is 23.1 Å². The summed E-state index contributed by atoms with van der Waals surface area (Å²) in [5.41, 5.74) is 0.995. The van der Waals surface area contributed by atoms with E-state index in [0.717, 1.165) is 25.1 Å². The minimum absolute atomic E-state index is 0.0166. The van der Waals surface area contributed by atoms with E-state index in [1.165, 1.54) is 6.42 Å². The average molecular weight is 182 g/mol. The molecule has 0 spiro atoms. The van der Waals surface area contributed by atoms with E-state index in [1.807, 2.05) is 6.07 Å². The molecule has 0 saturated carbocycles. The minimum Gasteiger partial charge on any atom is -0.353 e. The van der Waals surface area contributed by atoms with Crippen LogP contribution in [0.2, 0.25) is 0 Å². The van der Waals surface area contributed by atoms with Gasteiger partial charge in [-0.25, -0.2) is 0 Å². The third-order valence-electron chi connectivity index (χ3n) is 2.12. The molecule has 1 fully saturated rings. The summed E-state index contributed by atoms with van der Waals surface area (Å²) in [6.45, 7) is 1.39. The Morgan fingerprint density at radius 1 is 1.62 bits per heavy atom. The number of ether oxygens (including phenoxy) is 2. The van der Waals surface area contributed by atoms with Crippen LogP contribution in [0.3, 0.4) is 0 Å². The molecule has 13 heavy (non-hydrogen) atoms. The molecule has 1 N–H and O–H groups in total. The van der Waals surface area contributed by atoms with Gasteiger partial charge in [-0.05, 0) is 25.3 Å². The fourth-order valence-corrected chi connectivity index (χ4v) is 1.39. The van der Waals surface area contributed by atoms with Crippen LogP contribution >= 0.6 is 0 Å². The van der Waals surface area contributed by atoms with E-state index in [4.69, 9.17) is 9.47 Å². The second-order valence-corrected chi connectivity index (χ2v) is 3.19. The summed E-state index contributed by atoms with van der Waals surface area (Å²) < 4.78 is 11.0. The molecule has 1 atom stereocenters. The van der Waals surface area contributed by atoms with E-state index in [0.29, 0.717) is 6.61 Å². The molecule has 4 heteroatoms. The van der Waals surface area contributed by atoms with Gasteiger partial charge >= 0.3 is 0 Å². The van der Waals surface area contributed by atoms with E-state index in [9.17, 15) is 0 Å². The van der Waals surface area contributed by atoms with Crippen LogP contribution < -0.4 is 0 Å². The molecule has 0 aromatic carbocycles. The summed E-state index contributed by atoms with van der Waals surface area (Å²) in [5, 5.41) is 6.69. The van der Waals surface area contributed by atoms with Crippen LogP contribution in [0.4, 0.5) is 0 Å². The summed E-state index contributed by atoms with van der Waals surface area (Å²) >= 11 is 0. The first kappa shape index (κ1) is 8.72. The molecule has 1 unspecified atom stereocenters. The molecule has 0 amide bonds. The number of aromatic nitrogens is 2. The Hall–Kier alpha value is -0.870. The Balaban J connectivity index is 1.72. The zero-order valence-electron chi connectivity index (χ0n) is 7.53. The monoisotopic (exact) mass is 182 g/mol. The van der Waals surface area contributed by atoms with Crippen molar-refractivity contribution in [2.45, 2.75) is 32.2 Å². The number of nitrogens with zero attached hydrogens (tertiary/aromatic N) is 1. The minimum atomic E-state index is -0.0166. The summed E-state index contributed by atoms with van der Waals surface area (Å²) in [6.07, 6.45) is 5.07. The summed E-state index contributed by atoms with van der Waals surface area (Å²) in [4.78, 5) is 0. The Bertz CT molecular complexity index is 230. The van der Waals surface area contributed by atoms with Gasteiger partial charge in [0.1, 0.15) is 0 Å². The third kappa shape index (κ3) is 2.54. The van der Waals surface area contributed by atoms with Crippen LogP contribution in [0.5, 0.6) is 0 Å². The Labute approximate surface area is 77.2 Å². The molecule has 72 valence electrons. The Morgan fingerprint density at radius 3 is 3.31 bits per heavy atom. The molecule has 1 aromatic rings. The van der Waals surface area contributed by atoms with Crippen LogP contribution in [0.15, 0.2) is 12.3 Å². The van der Waals surface area contributed by atoms with Crippen LogP contribution in [-0.2, 0) is 16.1 Å². The summed E-state index contributed by atoms with van der Waals surface area (Å²) in [6, 6.07) is 1.91. The van der Waals surface area contributed by atoms with Crippen molar-refractivity contribution in [3.8, 4) is 0 Å². The first-order valence-corrected chi connectivity index (χ1v) is 4.66. The lowest BCUT2D eigenvalue weighted by Gasteiger charge is -2.22. The predicted molar refractivity (Wildman–Crippen MR) is 47.0 cm³/mol. The maximum Gasteiger partial charge on any atom is 0.158 e. The van der Waals surface area contributed by atoms with Gasteiger partial charge in [0, 0.05) is 12.8 Å². The highest BCUT2D eigenvalue weighted by Gasteiger charge is 2.13. The first-order chi connectivity index (χ1) is 6.45. The maximum atomic E-state index is 5.53. The van der Waals surface area contributed by atoms with Crippen molar-refractivity contribution in [2.24, 2.45) is 0 Å². The van der Waals surface area contributed by atoms with E-state index >= 15 is 0 Å². The largest absolute Gasteiger partial charge is 0.353 e. The summed E-state index contributed by atoms with van der Waals surface area (Å²) in [7, 11) is 0. The smallest absolute Gasteiger partial charge is 0.158 e. The van der Waals surface area contributed by atoms with Crippen LogP contribution in [0.1, 0.15) is 25.0 Å². The molecule has 2 rings (SSSR count). The second kappa shape index (κ2) is 4.39. The molecule has 4 nitrogen and oxygen atoms in total. The van der Waals surface area contributed by atoms with Gasteiger partial charge in [-0.15, -0.1) is 0 Å². The molecule has 2 heterocycles. The zero-order chi connectivity index (χ0) is 8.93. The van der Waals surface area contributed by atoms with Gasteiger partial charge < -0.3 is 9.47 Å². The Morgan fingerprint density at radius 2 is 2.62 bits per heavy atom. The lowest BCUT2D eigenvalue weighted by molar-refractivity contribution is -0.169. The van der Waals surface area contributed by atoms with Gasteiger partial charge in [0.15, 0.2) is 6.29 Å². The number of aromatic amines is 1. The van der Waals surface area contributed by atoms with Crippen molar-refractivity contribution in [2.75, 3.05) is 6.61 Å². The second-order valence-electron chi connectivity index (χ2n) is 3.19. The molecule has 1 saturated heterocycles. The normalized spacial score (nSPS) is 23.2. The van der Waals surface area contributed by atoms with Gasteiger partial charge in [0.25, 0.3) is 0 Å². The molecule has 0 aliphatic carbocycles. The highest BCUT2D eigenvalue weighted by atomic mass is 16.7. The quantitative estimate of drug-likeness (QED) is 0.769. The molecular formula is C9H14N2O2. The fraction of sp³-hybridized carbons (Fsp3) is 0.667. The van der Waals surface area contributed by atoms with Crippen molar-refractivity contribution in [3.05, 3.63) is 18.0 Å². The van der Waals surface area contributed by atoms with Crippen molar-refractivity contribution < 1.29 is 9.47 Å². The molecule has 0 radical (unpaired) electrons. The average Bonchev–Trinajstić information content (AvgIpc) is 2.69. The predicted octanol–water partition coefficient (Wildman–Crippen LogP) is 1.45. The van der Waals surface area contributed by atoms with Gasteiger partial charge in [0.05, 0.1) is 12.3 Å². The number of rotatable bonds is 3. The number of hydrogen-bond donors (Lipinski definition) is 1. The maximum absolute atomic E-state index is 5.53. The van der Waals surface area contributed by atoms with E-state index in [1.54, 1.807) is 6.20 Å². The lowest BCUT2D eigenvalue weighted by atomic mass is 10.2. The topological polar surface area (TPSA) is 47.1 Å². The SMILES string of the molecule is c1cc(COC2CCCCO2)[nH]n1. The summed E-state index contributed by atoms with van der Waals surface area (Å²) in [5.74, 6) is 0. The highest BCUT2D eigenvalue weighted by molar-refractivity contribution is 4.94. The molecule has 1 aliphatic rings. The van der Waals surface area contributed by atoms with Crippen LogP contribution in [0, 0.1) is 0 Å². The third-order valence-corrected chi connectivity index (χ3v) is 2.12. The zero-order valence-corrected chi connectivity index (χ0v) is 7.53. The lowest BCUT2D eigenvalue weighted by Crippen LogP contribution is -2.22. The van der Waals surface area contributed by atoms with Crippen molar-refractivity contribution >= 4 is 0 Å². The molecule has 0 bridgehead atoms. The van der Waals surface area contributed by atoms with E-state index in [-0.39, 0.29) is 6.29 Å². The number of hydrogen-bond acceptors (Lipinski definition) is 3. The van der Waals surface area contributed by atoms with Gasteiger partial charge in [0.2, 0.25) is 0 Å².